The third-order valence-corrected chi connectivity index (χ3v) is 12.4. The highest BCUT2D eigenvalue weighted by atomic mass is 19.4. The molecule has 4 fully saturated rings. The van der Waals surface area contributed by atoms with Crippen molar-refractivity contribution in [3.8, 4) is 0 Å². The maximum atomic E-state index is 15.4. The highest BCUT2D eigenvalue weighted by Gasteiger charge is 2.79. The van der Waals surface area contributed by atoms with Gasteiger partial charge in [0.2, 0.25) is 0 Å². The number of allylic oxidation sites excluding steroid dienone is 1. The lowest BCUT2D eigenvalue weighted by atomic mass is 9.49. The lowest BCUT2D eigenvalue weighted by Gasteiger charge is -2.59. The van der Waals surface area contributed by atoms with Crippen LogP contribution in [0.5, 0.6) is 0 Å². The van der Waals surface area contributed by atoms with Crippen LogP contribution in [-0.2, 0) is 9.47 Å². The largest absolute Gasteiger partial charge is 0.456 e. The molecule has 7 rings (SSSR count). The number of halogens is 5. The van der Waals surface area contributed by atoms with E-state index in [1.807, 2.05) is 54.6 Å². The number of hydrogen-bond acceptors (Lipinski definition) is 5. The lowest BCUT2D eigenvalue weighted by molar-refractivity contribution is -0.362. The quantitative estimate of drug-likeness (QED) is 0.252. The van der Waals surface area contributed by atoms with Gasteiger partial charge >= 0.3 is 12.1 Å². The van der Waals surface area contributed by atoms with E-state index in [-0.39, 0.29) is 30.6 Å². The van der Waals surface area contributed by atoms with Crippen LogP contribution in [0.25, 0.3) is 12.2 Å². The van der Waals surface area contributed by atoms with Crippen LogP contribution in [0, 0.1) is 22.7 Å². The van der Waals surface area contributed by atoms with Gasteiger partial charge < -0.3 is 19.7 Å². The van der Waals surface area contributed by atoms with E-state index in [1.54, 1.807) is 6.20 Å². The lowest BCUT2D eigenvalue weighted by Crippen LogP contribution is -2.65. The zero-order chi connectivity index (χ0) is 34.4. The Morgan fingerprint density at radius 3 is 2.23 bits per heavy atom. The smallest absolute Gasteiger partial charge is 0.385 e. The van der Waals surface area contributed by atoms with E-state index in [9.17, 15) is 23.4 Å². The molecule has 3 saturated carbocycles. The molecule has 5 nitrogen and oxygen atoms in total. The first-order chi connectivity index (χ1) is 22.4. The van der Waals surface area contributed by atoms with E-state index in [4.69, 9.17) is 9.47 Å². The number of fused-ring (bicyclic) bond motifs is 4. The second-order valence-corrected chi connectivity index (χ2v) is 15.9. The molecule has 0 amide bonds. The van der Waals surface area contributed by atoms with Crippen molar-refractivity contribution < 1.29 is 41.6 Å². The molecule has 48 heavy (non-hydrogen) atoms. The van der Waals surface area contributed by atoms with Crippen LogP contribution in [0.3, 0.4) is 0 Å². The Hall–Kier alpha value is -2.66. The molecule has 1 spiro atoms. The molecule has 0 radical (unpaired) electrons. The summed E-state index contributed by atoms with van der Waals surface area (Å²) in [4.78, 5) is 4.30. The van der Waals surface area contributed by atoms with E-state index in [0.29, 0.717) is 38.9 Å². The van der Waals surface area contributed by atoms with Gasteiger partial charge in [-0.05, 0) is 85.3 Å². The van der Waals surface area contributed by atoms with Crippen LogP contribution < -0.4 is 0 Å². The molecule has 10 heteroatoms. The molecule has 0 bridgehead atoms. The van der Waals surface area contributed by atoms with Crippen molar-refractivity contribution in [2.45, 2.75) is 107 Å². The Kier molecular flexibility index (Phi) is 7.87. The van der Waals surface area contributed by atoms with Crippen molar-refractivity contribution in [2.24, 2.45) is 22.7 Å². The average Bonchev–Trinajstić information content (AvgIpc) is 3.32. The van der Waals surface area contributed by atoms with Crippen LogP contribution in [0.2, 0.25) is 0 Å². The summed E-state index contributed by atoms with van der Waals surface area (Å²) < 4.78 is 85.2. The topological polar surface area (TPSA) is 71.8 Å². The van der Waals surface area contributed by atoms with Gasteiger partial charge in [-0.15, -0.1) is 0 Å². The molecule has 1 saturated heterocycles. The summed E-state index contributed by atoms with van der Waals surface area (Å²) in [6.07, 6.45) is 0.834. The minimum atomic E-state index is -5.89. The van der Waals surface area contributed by atoms with Gasteiger partial charge in [0.05, 0.1) is 24.5 Å². The minimum Gasteiger partial charge on any atom is -0.385 e. The van der Waals surface area contributed by atoms with E-state index >= 15 is 8.78 Å². The molecule has 2 aromatic rings. The van der Waals surface area contributed by atoms with Gasteiger partial charge in [0.1, 0.15) is 5.60 Å². The maximum Gasteiger partial charge on any atom is 0.456 e. The number of rotatable bonds is 4. The number of alkyl halides is 5. The number of aromatic nitrogens is 1. The Morgan fingerprint density at radius 2 is 1.58 bits per heavy atom. The summed E-state index contributed by atoms with van der Waals surface area (Å²) in [5.74, 6) is -7.73. The first-order valence-electron chi connectivity index (χ1n) is 17.0. The van der Waals surface area contributed by atoms with Gasteiger partial charge in [0, 0.05) is 35.8 Å². The zero-order valence-electron chi connectivity index (χ0n) is 27.6. The average molecular weight is 674 g/mol. The third-order valence-electron chi connectivity index (χ3n) is 12.4. The molecule has 5 aliphatic rings. The first-order valence-corrected chi connectivity index (χ1v) is 17.0. The Balaban J connectivity index is 1.30. The Bertz CT molecular complexity index is 1590. The highest BCUT2D eigenvalue weighted by molar-refractivity contribution is 5.68. The number of benzene rings is 1. The fourth-order valence-corrected chi connectivity index (χ4v) is 9.80. The fourth-order valence-electron chi connectivity index (χ4n) is 9.80. The van der Waals surface area contributed by atoms with Crippen LogP contribution >= 0.6 is 0 Å². The molecule has 1 aromatic carbocycles. The number of hydrogen-bond donors (Lipinski definition) is 2. The molecular formula is C38H44F5NO4. The number of ether oxygens (including phenoxy) is 2. The predicted octanol–water partition coefficient (Wildman–Crippen LogP) is 8.48. The van der Waals surface area contributed by atoms with E-state index < -0.39 is 52.8 Å². The van der Waals surface area contributed by atoms with Crippen LogP contribution in [-0.4, -0.2) is 57.5 Å². The van der Waals surface area contributed by atoms with Gasteiger partial charge in [-0.1, -0.05) is 62.8 Å². The molecular weight excluding hydrogens is 629 g/mol. The van der Waals surface area contributed by atoms with Crippen LogP contribution in [0.1, 0.15) is 94.9 Å². The molecule has 2 N–H and O–H groups in total. The molecule has 260 valence electrons. The summed E-state index contributed by atoms with van der Waals surface area (Å²) in [6.45, 7) is 6.54. The van der Waals surface area contributed by atoms with E-state index in [2.05, 4.69) is 18.8 Å². The second-order valence-electron chi connectivity index (χ2n) is 15.9. The third kappa shape index (κ3) is 5.19. The molecule has 2 heterocycles. The first kappa shape index (κ1) is 33.8. The predicted molar refractivity (Wildman–Crippen MR) is 171 cm³/mol. The zero-order valence-corrected chi connectivity index (χ0v) is 27.6. The van der Waals surface area contributed by atoms with Crippen molar-refractivity contribution >= 4 is 12.2 Å². The molecule has 6 atom stereocenters. The standard InChI is InChI=1S/C38H44F5NO4/c1-32(2)22-47-35(48-23-32)17-14-30-31-27(13-16-34(30,45)21-35)29-15-18-36(46,37(39,40)38(41,42)43)33(29,3)20-28(31)25-10-7-24(8-11-25)9-12-26-6-4-5-19-44-26/h4-12,19,27-29,45-46H,13-18,20-23H2,1-3H3/b12-9+/t27?,28-,29?,33?,34?,36?/m1/s1. The molecule has 1 aromatic heterocycles. The monoisotopic (exact) mass is 673 g/mol. The van der Waals surface area contributed by atoms with Crippen molar-refractivity contribution in [3.63, 3.8) is 0 Å². The second kappa shape index (κ2) is 11.2. The summed E-state index contributed by atoms with van der Waals surface area (Å²) in [7, 11) is 0. The van der Waals surface area contributed by atoms with E-state index in [0.717, 1.165) is 28.0 Å². The summed E-state index contributed by atoms with van der Waals surface area (Å²) in [5, 5.41) is 24.0. The van der Waals surface area contributed by atoms with Crippen molar-refractivity contribution in [3.05, 3.63) is 76.6 Å². The minimum absolute atomic E-state index is 0.0494. The van der Waals surface area contributed by atoms with Gasteiger partial charge in [-0.25, -0.2) is 0 Å². The Labute approximate surface area is 278 Å². The summed E-state index contributed by atoms with van der Waals surface area (Å²) in [6, 6.07) is 13.2. The van der Waals surface area contributed by atoms with Crippen LogP contribution in [0.15, 0.2) is 59.8 Å². The number of nitrogens with zero attached hydrogens (tertiary/aromatic N) is 1. The fraction of sp³-hybridized carbons (Fsp3) is 0.605. The SMILES string of the molecule is CC1(C)COC2(CCC3=C4C(CCC3(O)C2)C2CCC(O)(C(F)(F)C(F)(F)F)C2(C)C[C@@H]4c2ccc(/C=C/c3ccccn3)cc2)OC1. The summed E-state index contributed by atoms with van der Waals surface area (Å²) >= 11 is 0. The normalized spacial score (nSPS) is 36.2. The van der Waals surface area contributed by atoms with Crippen molar-refractivity contribution in [2.75, 3.05) is 13.2 Å². The van der Waals surface area contributed by atoms with Gasteiger partial charge in [-0.3, -0.25) is 4.98 Å². The number of aliphatic hydroxyl groups is 2. The van der Waals surface area contributed by atoms with Gasteiger partial charge in [0.25, 0.3) is 0 Å². The van der Waals surface area contributed by atoms with E-state index in [1.165, 1.54) is 6.92 Å². The van der Waals surface area contributed by atoms with Gasteiger partial charge in [0.15, 0.2) is 5.79 Å². The molecule has 1 aliphatic heterocycles. The number of pyridine rings is 1. The molecule has 5 unspecified atom stereocenters. The summed E-state index contributed by atoms with van der Waals surface area (Å²) in [5.41, 5.74) is -2.21. The van der Waals surface area contributed by atoms with Crippen molar-refractivity contribution in [1.29, 1.82) is 0 Å². The highest BCUT2D eigenvalue weighted by Crippen LogP contribution is 2.71. The van der Waals surface area contributed by atoms with Crippen LogP contribution in [0.4, 0.5) is 22.0 Å². The molecule has 4 aliphatic carbocycles. The van der Waals surface area contributed by atoms with Crippen molar-refractivity contribution in [1.82, 2.24) is 4.98 Å². The Morgan fingerprint density at radius 1 is 0.875 bits per heavy atom. The van der Waals surface area contributed by atoms with Gasteiger partial charge in [-0.2, -0.15) is 22.0 Å². The maximum absolute atomic E-state index is 15.4.